The van der Waals surface area contributed by atoms with E-state index in [1.165, 1.54) is 53.2 Å². The summed E-state index contributed by atoms with van der Waals surface area (Å²) in [5.41, 5.74) is 2.99. The third-order valence-corrected chi connectivity index (χ3v) is 5.69. The Hall–Kier alpha value is -0.930. The first kappa shape index (κ1) is 10.9. The predicted molar refractivity (Wildman–Crippen MR) is 77.2 cm³/mol. The highest BCUT2D eigenvalue weighted by Gasteiger charge is 2.42. The largest absolute Gasteiger partial charge is 0.356 e. The summed E-state index contributed by atoms with van der Waals surface area (Å²) >= 11 is 2.03. The number of hydrogen-bond acceptors (Lipinski definition) is 2. The van der Waals surface area contributed by atoms with Gasteiger partial charge < -0.3 is 4.98 Å². The van der Waals surface area contributed by atoms with Crippen LogP contribution in [0.25, 0.3) is 10.9 Å². The molecule has 4 rings (SSSR count). The van der Waals surface area contributed by atoms with E-state index in [-0.39, 0.29) is 5.54 Å². The Morgan fingerprint density at radius 1 is 1.28 bits per heavy atom. The van der Waals surface area contributed by atoms with E-state index < -0.39 is 0 Å². The number of nitrogens with zero attached hydrogens (tertiary/aromatic N) is 1. The zero-order valence-electron chi connectivity index (χ0n) is 10.7. The summed E-state index contributed by atoms with van der Waals surface area (Å²) in [7, 11) is 0. The highest BCUT2D eigenvalue weighted by molar-refractivity contribution is 7.99. The number of aromatic nitrogens is 1. The van der Waals surface area contributed by atoms with Crippen LogP contribution in [0.3, 0.4) is 0 Å². The molecule has 1 saturated heterocycles. The van der Waals surface area contributed by atoms with Crippen molar-refractivity contribution in [3.8, 4) is 0 Å². The molecular weight excluding hydrogens is 240 g/mol. The molecule has 2 aromatic rings. The van der Waals surface area contributed by atoms with E-state index >= 15 is 0 Å². The van der Waals surface area contributed by atoms with Crippen molar-refractivity contribution < 1.29 is 0 Å². The molecule has 1 atom stereocenters. The van der Waals surface area contributed by atoms with E-state index in [9.17, 15) is 0 Å². The quantitative estimate of drug-likeness (QED) is 0.779. The molecule has 1 aromatic carbocycles. The molecule has 2 aliphatic rings. The van der Waals surface area contributed by atoms with E-state index in [0.29, 0.717) is 0 Å². The molecule has 0 radical (unpaired) electrons. The number of fused-ring (bicyclic) bond motifs is 5. The molecule has 2 aliphatic heterocycles. The number of H-pyrrole nitrogens is 1. The lowest BCUT2D eigenvalue weighted by atomic mass is 9.94. The van der Waals surface area contributed by atoms with Crippen LogP contribution >= 0.6 is 11.8 Å². The van der Waals surface area contributed by atoms with E-state index in [1.807, 2.05) is 11.8 Å². The Kier molecular flexibility index (Phi) is 2.30. The fourth-order valence-corrected chi connectivity index (χ4v) is 4.83. The number of aromatic amines is 1. The van der Waals surface area contributed by atoms with Gasteiger partial charge in [0, 0.05) is 33.8 Å². The summed E-state index contributed by atoms with van der Waals surface area (Å²) in [6, 6.07) is 8.73. The van der Waals surface area contributed by atoms with Gasteiger partial charge in [-0.3, -0.25) is 4.90 Å². The minimum absolute atomic E-state index is 0.234. The third-order valence-electron chi connectivity index (χ3n) is 4.59. The van der Waals surface area contributed by atoms with E-state index in [1.54, 1.807) is 0 Å². The molecule has 2 nitrogen and oxygen atoms in total. The van der Waals surface area contributed by atoms with Crippen molar-refractivity contribution in [2.45, 2.75) is 30.2 Å². The first-order chi connectivity index (χ1) is 8.79. The Morgan fingerprint density at radius 3 is 3.11 bits per heavy atom. The molecule has 0 spiro atoms. The van der Waals surface area contributed by atoms with Crippen molar-refractivity contribution in [3.63, 3.8) is 0 Å². The van der Waals surface area contributed by atoms with Crippen molar-refractivity contribution in [3.05, 3.63) is 30.0 Å². The second-order valence-corrected chi connectivity index (χ2v) is 6.69. The van der Waals surface area contributed by atoms with Crippen molar-refractivity contribution in [1.29, 1.82) is 0 Å². The second-order valence-electron chi connectivity index (χ2n) is 5.59. The Labute approximate surface area is 112 Å². The maximum Gasteiger partial charge on any atom is 0.0595 e. The average molecular weight is 258 g/mol. The van der Waals surface area contributed by atoms with Gasteiger partial charge in [-0.1, -0.05) is 18.2 Å². The molecule has 1 N–H and O–H groups in total. The number of benzene rings is 1. The Bertz CT molecular complexity index is 604. The van der Waals surface area contributed by atoms with Crippen LogP contribution in [-0.4, -0.2) is 28.7 Å². The van der Waals surface area contributed by atoms with Crippen molar-refractivity contribution in [2.24, 2.45) is 0 Å². The average Bonchev–Trinajstić information content (AvgIpc) is 2.90. The number of thioether (sulfide) groups is 1. The zero-order valence-corrected chi connectivity index (χ0v) is 11.5. The summed E-state index contributed by atoms with van der Waals surface area (Å²) in [4.78, 5) is 7.87. The molecule has 94 valence electrons. The molecule has 1 fully saturated rings. The minimum atomic E-state index is 0.234. The van der Waals surface area contributed by atoms with Crippen molar-refractivity contribution >= 4 is 22.7 Å². The van der Waals surface area contributed by atoms with Crippen LogP contribution < -0.4 is 0 Å². The van der Waals surface area contributed by atoms with Gasteiger partial charge in [0.2, 0.25) is 0 Å². The minimum Gasteiger partial charge on any atom is -0.356 e. The third kappa shape index (κ3) is 1.35. The van der Waals surface area contributed by atoms with Crippen LogP contribution in [0.2, 0.25) is 0 Å². The number of rotatable bonds is 0. The van der Waals surface area contributed by atoms with Crippen LogP contribution in [-0.2, 0) is 5.54 Å². The van der Waals surface area contributed by atoms with Crippen LogP contribution in [0.1, 0.15) is 25.5 Å². The zero-order chi connectivity index (χ0) is 12.2. The highest BCUT2D eigenvalue weighted by Crippen LogP contribution is 2.47. The van der Waals surface area contributed by atoms with E-state index in [0.717, 1.165) is 0 Å². The Morgan fingerprint density at radius 2 is 2.17 bits per heavy atom. The topological polar surface area (TPSA) is 19.0 Å². The molecule has 3 heterocycles. The van der Waals surface area contributed by atoms with Gasteiger partial charge in [-0.2, -0.15) is 0 Å². The van der Waals surface area contributed by atoms with Gasteiger partial charge in [-0.25, -0.2) is 0 Å². The first-order valence-electron chi connectivity index (χ1n) is 6.78. The summed E-state index contributed by atoms with van der Waals surface area (Å²) < 4.78 is 0. The molecule has 0 saturated carbocycles. The van der Waals surface area contributed by atoms with Crippen LogP contribution in [0.15, 0.2) is 29.2 Å². The van der Waals surface area contributed by atoms with Gasteiger partial charge in [-0.15, -0.1) is 11.8 Å². The highest BCUT2D eigenvalue weighted by atomic mass is 32.2. The summed E-state index contributed by atoms with van der Waals surface area (Å²) in [5.74, 6) is 1.21. The van der Waals surface area contributed by atoms with Crippen molar-refractivity contribution in [2.75, 3.05) is 18.8 Å². The van der Waals surface area contributed by atoms with Gasteiger partial charge >= 0.3 is 0 Å². The van der Waals surface area contributed by atoms with Crippen molar-refractivity contribution in [1.82, 2.24) is 9.88 Å². The van der Waals surface area contributed by atoms with E-state index in [2.05, 4.69) is 41.1 Å². The lowest BCUT2D eigenvalue weighted by Crippen LogP contribution is -2.39. The first-order valence-corrected chi connectivity index (χ1v) is 7.77. The van der Waals surface area contributed by atoms with E-state index in [4.69, 9.17) is 0 Å². The number of nitrogens with one attached hydrogen (secondary N) is 1. The SMILES string of the molecule is CC12CCCN1CCSc1c2[nH]c2ccccc12. The number of hydrogen-bond donors (Lipinski definition) is 1. The molecular formula is C15H18N2S. The maximum atomic E-state index is 3.71. The maximum absolute atomic E-state index is 3.71. The molecule has 18 heavy (non-hydrogen) atoms. The summed E-state index contributed by atoms with van der Waals surface area (Å²) in [6.07, 6.45) is 2.61. The molecule has 1 aromatic heterocycles. The fourth-order valence-electron chi connectivity index (χ4n) is 3.56. The lowest BCUT2D eigenvalue weighted by molar-refractivity contribution is 0.162. The van der Waals surface area contributed by atoms with Crippen LogP contribution in [0.5, 0.6) is 0 Å². The van der Waals surface area contributed by atoms with Crippen LogP contribution in [0, 0.1) is 0 Å². The lowest BCUT2D eigenvalue weighted by Gasteiger charge is -2.33. The van der Waals surface area contributed by atoms with Gasteiger partial charge in [0.25, 0.3) is 0 Å². The smallest absolute Gasteiger partial charge is 0.0595 e. The summed E-state index contributed by atoms with van der Waals surface area (Å²) in [5, 5.41) is 1.41. The van der Waals surface area contributed by atoms with Crippen LogP contribution in [0.4, 0.5) is 0 Å². The second kappa shape index (κ2) is 3.78. The molecule has 0 amide bonds. The molecule has 0 aliphatic carbocycles. The molecule has 1 unspecified atom stereocenters. The van der Waals surface area contributed by atoms with Gasteiger partial charge in [0.15, 0.2) is 0 Å². The fraction of sp³-hybridized carbons (Fsp3) is 0.467. The standard InChI is InChI=1S/C15H18N2S/c1-15-7-4-8-17(15)9-10-18-13-11-5-2-3-6-12(11)16-14(13)15/h2-3,5-6,16H,4,7-10H2,1H3. The molecule has 0 bridgehead atoms. The predicted octanol–water partition coefficient (Wildman–Crippen LogP) is 3.58. The molecule has 3 heteroatoms. The monoisotopic (exact) mass is 258 g/mol. The normalized spacial score (nSPS) is 28.1. The number of para-hydroxylation sites is 1. The summed E-state index contributed by atoms with van der Waals surface area (Å²) in [6.45, 7) is 4.89. The Balaban J connectivity index is 2.00. The van der Waals surface area contributed by atoms with Gasteiger partial charge in [-0.05, 0) is 32.4 Å². The van der Waals surface area contributed by atoms with Gasteiger partial charge in [0.05, 0.1) is 5.54 Å². The van der Waals surface area contributed by atoms with Gasteiger partial charge in [0.1, 0.15) is 0 Å².